The number of pyridine rings is 1. The average Bonchev–Trinajstić information content (AvgIpc) is 3.02. The smallest absolute Gasteiger partial charge is 0.0962 e. The number of ether oxygens (including phenoxy) is 1. The molecule has 3 heteroatoms. The van der Waals surface area contributed by atoms with Gasteiger partial charge >= 0.3 is 0 Å². The topological polar surface area (TPSA) is 42.4 Å². The van der Waals surface area contributed by atoms with Crippen LogP contribution in [0.4, 0.5) is 0 Å². The van der Waals surface area contributed by atoms with E-state index in [9.17, 15) is 5.11 Å². The maximum atomic E-state index is 10.4. The Bertz CT molecular complexity index is 311. The number of aliphatic hydroxyl groups is 1. The van der Waals surface area contributed by atoms with Crippen molar-refractivity contribution in [3.05, 3.63) is 30.1 Å². The molecule has 0 saturated heterocycles. The lowest BCUT2D eigenvalue weighted by Crippen LogP contribution is -2.39. The summed E-state index contributed by atoms with van der Waals surface area (Å²) in [4.78, 5) is 4.24. The van der Waals surface area contributed by atoms with Gasteiger partial charge in [-0.05, 0) is 30.9 Å². The van der Waals surface area contributed by atoms with Crippen LogP contribution in [0.2, 0.25) is 0 Å². The van der Waals surface area contributed by atoms with Crippen molar-refractivity contribution in [1.82, 2.24) is 4.98 Å². The van der Waals surface area contributed by atoms with Crippen molar-refractivity contribution in [2.24, 2.45) is 5.92 Å². The monoisotopic (exact) mass is 207 g/mol. The first-order valence-electron chi connectivity index (χ1n) is 5.36. The van der Waals surface area contributed by atoms with Crippen LogP contribution in [0, 0.1) is 5.92 Å². The maximum absolute atomic E-state index is 10.4. The van der Waals surface area contributed by atoms with Gasteiger partial charge in [-0.25, -0.2) is 0 Å². The molecule has 1 fully saturated rings. The number of hydrogen-bond donors (Lipinski definition) is 1. The Morgan fingerprint density at radius 3 is 2.87 bits per heavy atom. The quantitative estimate of drug-likeness (QED) is 0.793. The Hall–Kier alpha value is -0.930. The lowest BCUT2D eigenvalue weighted by molar-refractivity contribution is -0.0480. The second-order valence-electron chi connectivity index (χ2n) is 4.31. The Labute approximate surface area is 90.1 Å². The Morgan fingerprint density at radius 2 is 2.33 bits per heavy atom. The molecule has 0 bridgehead atoms. The third-order valence-electron chi connectivity index (χ3n) is 2.94. The van der Waals surface area contributed by atoms with E-state index in [1.54, 1.807) is 13.3 Å². The minimum Gasteiger partial charge on any atom is -0.387 e. The first-order chi connectivity index (χ1) is 7.24. The number of aromatic nitrogens is 1. The molecule has 0 radical (unpaired) electrons. The average molecular weight is 207 g/mol. The van der Waals surface area contributed by atoms with E-state index in [4.69, 9.17) is 4.74 Å². The predicted octanol–water partition coefficient (Wildman–Crippen LogP) is 1.41. The molecule has 0 aliphatic heterocycles. The van der Waals surface area contributed by atoms with Crippen LogP contribution < -0.4 is 0 Å². The van der Waals surface area contributed by atoms with Crippen LogP contribution in [0.5, 0.6) is 0 Å². The highest BCUT2D eigenvalue weighted by molar-refractivity contribution is 5.10. The van der Waals surface area contributed by atoms with Crippen LogP contribution >= 0.6 is 0 Å². The first-order valence-corrected chi connectivity index (χ1v) is 5.36. The van der Waals surface area contributed by atoms with E-state index in [2.05, 4.69) is 4.98 Å². The predicted molar refractivity (Wildman–Crippen MR) is 57.5 cm³/mol. The van der Waals surface area contributed by atoms with Crippen LogP contribution in [-0.4, -0.2) is 29.4 Å². The molecule has 82 valence electrons. The minimum absolute atomic E-state index is 0.388. The number of nitrogens with zero attached hydrogens (tertiary/aromatic N) is 1. The molecular weight excluding hydrogens is 190 g/mol. The van der Waals surface area contributed by atoms with Gasteiger partial charge in [0.1, 0.15) is 0 Å². The summed E-state index contributed by atoms with van der Waals surface area (Å²) in [6, 6.07) is 5.78. The summed E-state index contributed by atoms with van der Waals surface area (Å²) in [6.45, 7) is 0.397. The molecule has 3 nitrogen and oxygen atoms in total. The lowest BCUT2D eigenvalue weighted by atomic mass is 9.92. The second kappa shape index (κ2) is 4.29. The summed E-state index contributed by atoms with van der Waals surface area (Å²) < 4.78 is 5.10. The molecule has 1 N–H and O–H groups in total. The van der Waals surface area contributed by atoms with Crippen LogP contribution in [0.25, 0.3) is 0 Å². The summed E-state index contributed by atoms with van der Waals surface area (Å²) in [7, 11) is 1.63. The van der Waals surface area contributed by atoms with Crippen LogP contribution in [0.15, 0.2) is 24.4 Å². The van der Waals surface area contributed by atoms with Gasteiger partial charge in [-0.3, -0.25) is 4.98 Å². The van der Waals surface area contributed by atoms with Crippen molar-refractivity contribution in [1.29, 1.82) is 0 Å². The molecule has 1 aromatic heterocycles. The molecular formula is C12H17NO2. The fraction of sp³-hybridized carbons (Fsp3) is 0.583. The van der Waals surface area contributed by atoms with E-state index in [0.29, 0.717) is 18.9 Å². The van der Waals surface area contributed by atoms with Gasteiger partial charge in [0.05, 0.1) is 12.2 Å². The zero-order chi connectivity index (χ0) is 10.7. The fourth-order valence-corrected chi connectivity index (χ4v) is 2.00. The zero-order valence-corrected chi connectivity index (χ0v) is 9.02. The third kappa shape index (κ3) is 2.55. The summed E-state index contributed by atoms with van der Waals surface area (Å²) in [6.07, 6.45) is 4.56. The molecule has 1 unspecified atom stereocenters. The molecule has 0 spiro atoms. The van der Waals surface area contributed by atoms with Crippen molar-refractivity contribution in [2.75, 3.05) is 13.7 Å². The molecule has 1 heterocycles. The Kier molecular flexibility index (Phi) is 3.03. The van der Waals surface area contributed by atoms with E-state index in [1.807, 2.05) is 18.2 Å². The van der Waals surface area contributed by atoms with Gasteiger partial charge in [-0.2, -0.15) is 0 Å². The van der Waals surface area contributed by atoms with Crippen molar-refractivity contribution < 1.29 is 9.84 Å². The Morgan fingerprint density at radius 1 is 1.53 bits per heavy atom. The molecule has 0 amide bonds. The lowest BCUT2D eigenvalue weighted by Gasteiger charge is -2.26. The van der Waals surface area contributed by atoms with Gasteiger partial charge < -0.3 is 9.84 Å². The molecule has 1 aromatic rings. The second-order valence-corrected chi connectivity index (χ2v) is 4.31. The first kappa shape index (κ1) is 10.6. The molecule has 1 saturated carbocycles. The van der Waals surface area contributed by atoms with E-state index in [0.717, 1.165) is 18.5 Å². The van der Waals surface area contributed by atoms with Gasteiger partial charge in [-0.15, -0.1) is 0 Å². The van der Waals surface area contributed by atoms with Crippen LogP contribution in [0.1, 0.15) is 18.5 Å². The van der Waals surface area contributed by atoms with Crippen molar-refractivity contribution in [3.63, 3.8) is 0 Å². The number of hydrogen-bond acceptors (Lipinski definition) is 3. The summed E-state index contributed by atoms with van der Waals surface area (Å²) >= 11 is 0. The highest BCUT2D eigenvalue weighted by Gasteiger charge is 2.44. The molecule has 1 atom stereocenters. The SMILES string of the molecule is COCC(O)(Cc1ccccn1)C1CC1. The number of methoxy groups -OCH3 is 1. The van der Waals surface area contributed by atoms with Gasteiger partial charge in [0.2, 0.25) is 0 Å². The third-order valence-corrected chi connectivity index (χ3v) is 2.94. The van der Waals surface area contributed by atoms with Crippen LogP contribution in [0.3, 0.4) is 0 Å². The largest absolute Gasteiger partial charge is 0.387 e. The zero-order valence-electron chi connectivity index (χ0n) is 9.02. The van der Waals surface area contributed by atoms with Crippen molar-refractivity contribution >= 4 is 0 Å². The van der Waals surface area contributed by atoms with E-state index in [1.165, 1.54) is 0 Å². The molecule has 15 heavy (non-hydrogen) atoms. The van der Waals surface area contributed by atoms with Gasteiger partial charge in [0.15, 0.2) is 0 Å². The fourth-order valence-electron chi connectivity index (χ4n) is 2.00. The molecule has 2 rings (SSSR count). The van der Waals surface area contributed by atoms with E-state index in [-0.39, 0.29) is 0 Å². The molecule has 0 aromatic carbocycles. The molecule has 1 aliphatic carbocycles. The highest BCUT2D eigenvalue weighted by atomic mass is 16.5. The van der Waals surface area contributed by atoms with Gasteiger partial charge in [0.25, 0.3) is 0 Å². The summed E-state index contributed by atoms with van der Waals surface area (Å²) in [5.41, 5.74) is 0.215. The Balaban J connectivity index is 2.06. The van der Waals surface area contributed by atoms with E-state index < -0.39 is 5.60 Å². The summed E-state index contributed by atoms with van der Waals surface area (Å²) in [5, 5.41) is 10.4. The van der Waals surface area contributed by atoms with Crippen LogP contribution in [-0.2, 0) is 11.2 Å². The van der Waals surface area contributed by atoms with Gasteiger partial charge in [-0.1, -0.05) is 6.07 Å². The maximum Gasteiger partial charge on any atom is 0.0962 e. The normalized spacial score (nSPS) is 19.9. The van der Waals surface area contributed by atoms with Crippen molar-refractivity contribution in [2.45, 2.75) is 24.9 Å². The summed E-state index contributed by atoms with van der Waals surface area (Å²) in [5.74, 6) is 0.388. The highest BCUT2D eigenvalue weighted by Crippen LogP contribution is 2.41. The standard InChI is InChI=1S/C12H17NO2/c1-15-9-12(14,10-5-6-10)8-11-4-2-3-7-13-11/h2-4,7,10,14H,5-6,8-9H2,1H3. The van der Waals surface area contributed by atoms with E-state index >= 15 is 0 Å². The van der Waals surface area contributed by atoms with Gasteiger partial charge in [0, 0.05) is 25.4 Å². The van der Waals surface area contributed by atoms with Crippen molar-refractivity contribution in [3.8, 4) is 0 Å². The molecule has 1 aliphatic rings. The minimum atomic E-state index is -0.719. The number of rotatable bonds is 5.